The lowest BCUT2D eigenvalue weighted by Gasteiger charge is -2.24. The molecule has 0 aliphatic heterocycles. The van der Waals surface area contributed by atoms with E-state index in [-0.39, 0.29) is 0 Å². The van der Waals surface area contributed by atoms with Crippen molar-refractivity contribution in [3.8, 4) is 0 Å². The Morgan fingerprint density at radius 2 is 0.889 bits per heavy atom. The number of aryl methyl sites for hydroxylation is 1. The van der Waals surface area contributed by atoms with Crippen LogP contribution in [0.3, 0.4) is 0 Å². The van der Waals surface area contributed by atoms with Gasteiger partial charge in [0.05, 0.1) is 0 Å². The van der Waals surface area contributed by atoms with Crippen LogP contribution in [-0.2, 0) is 0 Å². The Morgan fingerprint density at radius 3 is 1.39 bits per heavy atom. The van der Waals surface area contributed by atoms with E-state index in [4.69, 9.17) is 0 Å². The standard InChI is InChI=1S/C35H29N/c1-28-17-23-33(24-18-28)36(27-35(31-13-7-3-8-14-31)32-15-9-4-10-16-32)34-25-21-30(22-26-34)20-19-29-11-5-2-6-12-29/h2-27H,1H3/b20-19-. The van der Waals surface area contributed by atoms with E-state index in [1.54, 1.807) is 0 Å². The second-order valence-electron chi connectivity index (χ2n) is 8.82. The molecule has 0 radical (unpaired) electrons. The number of benzene rings is 5. The zero-order valence-electron chi connectivity index (χ0n) is 20.5. The van der Waals surface area contributed by atoms with Crippen LogP contribution >= 0.6 is 0 Å². The molecule has 0 N–H and O–H groups in total. The fraction of sp³-hybridized carbons (Fsp3) is 0.0286. The van der Waals surface area contributed by atoms with E-state index in [1.165, 1.54) is 33.4 Å². The lowest BCUT2D eigenvalue weighted by atomic mass is 9.98. The number of nitrogens with zero attached hydrogens (tertiary/aromatic N) is 1. The van der Waals surface area contributed by atoms with Crippen LogP contribution in [0.15, 0.2) is 146 Å². The lowest BCUT2D eigenvalue weighted by molar-refractivity contribution is 1.27. The van der Waals surface area contributed by atoms with Gasteiger partial charge in [0.15, 0.2) is 0 Å². The predicted molar refractivity (Wildman–Crippen MR) is 155 cm³/mol. The molecule has 0 amide bonds. The summed E-state index contributed by atoms with van der Waals surface area (Å²) in [4.78, 5) is 2.28. The van der Waals surface area contributed by atoms with Gasteiger partial charge in [0.25, 0.3) is 0 Å². The van der Waals surface area contributed by atoms with E-state index >= 15 is 0 Å². The normalized spacial score (nSPS) is 10.8. The minimum absolute atomic E-state index is 1.11. The summed E-state index contributed by atoms with van der Waals surface area (Å²) < 4.78 is 0. The highest BCUT2D eigenvalue weighted by Crippen LogP contribution is 2.32. The summed E-state index contributed by atoms with van der Waals surface area (Å²) in [5, 5.41) is 0. The van der Waals surface area contributed by atoms with Crippen LogP contribution < -0.4 is 4.90 Å². The SMILES string of the molecule is Cc1ccc(N(C=C(c2ccccc2)c2ccccc2)c2ccc(/C=C\c3ccccc3)cc2)cc1. The highest BCUT2D eigenvalue weighted by Gasteiger charge is 2.12. The molecular weight excluding hydrogens is 434 g/mol. The highest BCUT2D eigenvalue weighted by molar-refractivity contribution is 5.84. The Bertz CT molecular complexity index is 1390. The molecule has 5 aromatic rings. The third kappa shape index (κ3) is 5.71. The van der Waals surface area contributed by atoms with Crippen molar-refractivity contribution >= 4 is 29.1 Å². The number of hydrogen-bond donors (Lipinski definition) is 0. The van der Waals surface area contributed by atoms with Crippen molar-refractivity contribution in [3.05, 3.63) is 174 Å². The van der Waals surface area contributed by atoms with Gasteiger partial charge < -0.3 is 4.90 Å². The number of rotatable bonds is 7. The van der Waals surface area contributed by atoms with Gasteiger partial charge in [-0.3, -0.25) is 0 Å². The Balaban J connectivity index is 1.56. The molecule has 0 fully saturated rings. The molecule has 0 bridgehead atoms. The summed E-state index contributed by atoms with van der Waals surface area (Å²) >= 11 is 0. The van der Waals surface area contributed by atoms with Gasteiger partial charge in [-0.15, -0.1) is 0 Å². The van der Waals surface area contributed by atoms with E-state index in [1.807, 2.05) is 6.07 Å². The maximum absolute atomic E-state index is 2.28. The number of hydrogen-bond acceptors (Lipinski definition) is 1. The maximum Gasteiger partial charge on any atom is 0.0456 e. The summed E-state index contributed by atoms with van der Waals surface area (Å²) in [6, 6.07) is 49.0. The van der Waals surface area contributed by atoms with Crippen molar-refractivity contribution in [1.82, 2.24) is 0 Å². The van der Waals surface area contributed by atoms with Crippen LogP contribution in [-0.4, -0.2) is 0 Å². The van der Waals surface area contributed by atoms with E-state index in [2.05, 4.69) is 164 Å². The van der Waals surface area contributed by atoms with Crippen molar-refractivity contribution in [2.45, 2.75) is 6.92 Å². The fourth-order valence-electron chi connectivity index (χ4n) is 4.19. The molecule has 5 aromatic carbocycles. The average Bonchev–Trinajstić information content (AvgIpc) is 2.95. The lowest BCUT2D eigenvalue weighted by Crippen LogP contribution is -2.10. The smallest absolute Gasteiger partial charge is 0.0456 e. The van der Waals surface area contributed by atoms with Gasteiger partial charge >= 0.3 is 0 Å². The van der Waals surface area contributed by atoms with Crippen molar-refractivity contribution in [3.63, 3.8) is 0 Å². The molecule has 0 spiro atoms. The van der Waals surface area contributed by atoms with Crippen molar-refractivity contribution in [2.75, 3.05) is 4.90 Å². The largest absolute Gasteiger partial charge is 0.317 e. The quantitative estimate of drug-likeness (QED) is 0.217. The fourth-order valence-corrected chi connectivity index (χ4v) is 4.19. The van der Waals surface area contributed by atoms with E-state index in [0.717, 1.165) is 11.4 Å². The molecule has 36 heavy (non-hydrogen) atoms. The summed E-state index contributed by atoms with van der Waals surface area (Å²) in [6.45, 7) is 2.12. The Hall–Kier alpha value is -4.62. The third-order valence-electron chi connectivity index (χ3n) is 6.18. The van der Waals surface area contributed by atoms with Crippen molar-refractivity contribution in [1.29, 1.82) is 0 Å². The molecule has 5 rings (SSSR count). The van der Waals surface area contributed by atoms with Crippen LogP contribution in [0, 0.1) is 6.92 Å². The molecule has 174 valence electrons. The zero-order chi connectivity index (χ0) is 24.6. The molecule has 0 saturated heterocycles. The van der Waals surface area contributed by atoms with Gasteiger partial charge in [-0.25, -0.2) is 0 Å². The molecule has 0 aromatic heterocycles. The molecule has 0 aliphatic carbocycles. The highest BCUT2D eigenvalue weighted by atomic mass is 15.1. The molecule has 1 heteroatoms. The van der Waals surface area contributed by atoms with Crippen LogP contribution in [0.25, 0.3) is 17.7 Å². The Morgan fingerprint density at radius 1 is 0.472 bits per heavy atom. The summed E-state index contributed by atoms with van der Waals surface area (Å²) in [5.41, 5.74) is 9.38. The van der Waals surface area contributed by atoms with E-state index in [0.29, 0.717) is 0 Å². The van der Waals surface area contributed by atoms with Gasteiger partial charge in [0.2, 0.25) is 0 Å². The minimum Gasteiger partial charge on any atom is -0.317 e. The molecule has 0 heterocycles. The van der Waals surface area contributed by atoms with Crippen LogP contribution in [0.2, 0.25) is 0 Å². The van der Waals surface area contributed by atoms with Crippen LogP contribution in [0.1, 0.15) is 27.8 Å². The van der Waals surface area contributed by atoms with E-state index < -0.39 is 0 Å². The monoisotopic (exact) mass is 463 g/mol. The second-order valence-corrected chi connectivity index (χ2v) is 8.82. The first-order chi connectivity index (χ1) is 17.8. The van der Waals surface area contributed by atoms with Crippen LogP contribution in [0.4, 0.5) is 11.4 Å². The van der Waals surface area contributed by atoms with Crippen molar-refractivity contribution in [2.24, 2.45) is 0 Å². The average molecular weight is 464 g/mol. The number of anilines is 2. The summed E-state index contributed by atoms with van der Waals surface area (Å²) in [6.07, 6.45) is 6.56. The Kier molecular flexibility index (Phi) is 7.20. The summed E-state index contributed by atoms with van der Waals surface area (Å²) in [5.74, 6) is 0. The molecule has 1 nitrogen and oxygen atoms in total. The van der Waals surface area contributed by atoms with Gasteiger partial charge in [-0.05, 0) is 53.4 Å². The maximum atomic E-state index is 2.28. The predicted octanol–water partition coefficient (Wildman–Crippen LogP) is 9.39. The Labute approximate surface area is 214 Å². The second kappa shape index (κ2) is 11.2. The van der Waals surface area contributed by atoms with Gasteiger partial charge in [0, 0.05) is 23.1 Å². The molecule has 0 saturated carbocycles. The van der Waals surface area contributed by atoms with E-state index in [9.17, 15) is 0 Å². The third-order valence-corrected chi connectivity index (χ3v) is 6.18. The zero-order valence-corrected chi connectivity index (χ0v) is 20.5. The molecular formula is C35H29N. The minimum atomic E-state index is 1.11. The first-order valence-electron chi connectivity index (χ1n) is 12.3. The van der Waals surface area contributed by atoms with Crippen LogP contribution in [0.5, 0.6) is 0 Å². The molecule has 0 unspecified atom stereocenters. The van der Waals surface area contributed by atoms with Gasteiger partial charge in [-0.2, -0.15) is 0 Å². The summed E-state index contributed by atoms with van der Waals surface area (Å²) in [7, 11) is 0. The van der Waals surface area contributed by atoms with Gasteiger partial charge in [-0.1, -0.05) is 133 Å². The first-order valence-corrected chi connectivity index (χ1v) is 12.3. The first kappa shape index (κ1) is 23.1. The van der Waals surface area contributed by atoms with Crippen molar-refractivity contribution < 1.29 is 0 Å². The molecule has 0 aliphatic rings. The van der Waals surface area contributed by atoms with Gasteiger partial charge in [0.1, 0.15) is 0 Å². The molecule has 0 atom stereocenters. The topological polar surface area (TPSA) is 3.24 Å².